The Morgan fingerprint density at radius 3 is 2.52 bits per heavy atom. The Kier molecular flexibility index (Phi) is 5.60. The molecule has 2 rings (SSSR count). The Hall–Kier alpha value is -2.04. The van der Waals surface area contributed by atoms with Crippen LogP contribution in [0.4, 0.5) is 4.79 Å². The van der Waals surface area contributed by atoms with Crippen molar-refractivity contribution in [3.05, 3.63) is 35.9 Å². The van der Waals surface area contributed by atoms with Crippen molar-refractivity contribution in [3.63, 3.8) is 0 Å². The third kappa shape index (κ3) is 4.77. The minimum atomic E-state index is -0.842. The predicted molar refractivity (Wildman–Crippen MR) is 77.7 cm³/mol. The van der Waals surface area contributed by atoms with E-state index in [9.17, 15) is 14.7 Å². The van der Waals surface area contributed by atoms with Crippen molar-refractivity contribution in [2.24, 2.45) is 11.8 Å². The molecule has 1 amide bonds. The van der Waals surface area contributed by atoms with Crippen LogP contribution in [0.1, 0.15) is 31.2 Å². The number of rotatable bonds is 6. The average Bonchev–Trinajstić information content (AvgIpc) is 3.00. The Bertz CT molecular complexity index is 468. The first-order valence-corrected chi connectivity index (χ1v) is 7.34. The SMILES string of the molecule is O=C(NCC(C(=O)O)C1CCCC1)OCc1ccccc1. The number of carbonyl (C=O) groups is 2. The molecule has 0 spiro atoms. The van der Waals surface area contributed by atoms with Crippen LogP contribution < -0.4 is 5.32 Å². The lowest BCUT2D eigenvalue weighted by atomic mass is 9.91. The highest BCUT2D eigenvalue weighted by Crippen LogP contribution is 2.31. The van der Waals surface area contributed by atoms with Gasteiger partial charge in [-0.1, -0.05) is 43.2 Å². The number of aliphatic carboxylic acids is 1. The van der Waals surface area contributed by atoms with Gasteiger partial charge >= 0.3 is 12.1 Å². The highest BCUT2D eigenvalue weighted by atomic mass is 16.5. The van der Waals surface area contributed by atoms with E-state index in [2.05, 4.69) is 5.32 Å². The molecule has 21 heavy (non-hydrogen) atoms. The topological polar surface area (TPSA) is 75.6 Å². The molecule has 5 nitrogen and oxygen atoms in total. The number of hydrogen-bond donors (Lipinski definition) is 2. The number of ether oxygens (including phenoxy) is 1. The second-order valence-electron chi connectivity index (χ2n) is 5.43. The summed E-state index contributed by atoms with van der Waals surface area (Å²) in [7, 11) is 0. The summed E-state index contributed by atoms with van der Waals surface area (Å²) < 4.78 is 5.08. The first kappa shape index (κ1) is 15.4. The largest absolute Gasteiger partial charge is 0.481 e. The lowest BCUT2D eigenvalue weighted by molar-refractivity contribution is -0.143. The van der Waals surface area contributed by atoms with Crippen LogP contribution >= 0.6 is 0 Å². The monoisotopic (exact) mass is 291 g/mol. The maximum absolute atomic E-state index is 11.6. The summed E-state index contributed by atoms with van der Waals surface area (Å²) in [4.78, 5) is 22.9. The number of benzene rings is 1. The van der Waals surface area contributed by atoms with Gasteiger partial charge in [0.15, 0.2) is 0 Å². The Balaban J connectivity index is 1.75. The van der Waals surface area contributed by atoms with Gasteiger partial charge in [-0.3, -0.25) is 4.79 Å². The number of alkyl carbamates (subject to hydrolysis) is 1. The minimum Gasteiger partial charge on any atom is -0.481 e. The molecule has 1 saturated carbocycles. The summed E-state index contributed by atoms with van der Waals surface area (Å²) in [6.45, 7) is 0.321. The minimum absolute atomic E-state index is 0.133. The molecule has 1 fully saturated rings. The molecule has 0 saturated heterocycles. The maximum atomic E-state index is 11.6. The second-order valence-corrected chi connectivity index (χ2v) is 5.43. The lowest BCUT2D eigenvalue weighted by Gasteiger charge is -2.19. The Labute approximate surface area is 124 Å². The molecule has 0 bridgehead atoms. The van der Waals surface area contributed by atoms with Gasteiger partial charge in [0.25, 0.3) is 0 Å². The van der Waals surface area contributed by atoms with Crippen LogP contribution in [0.5, 0.6) is 0 Å². The number of amides is 1. The number of hydrogen-bond acceptors (Lipinski definition) is 3. The fraction of sp³-hybridized carbons (Fsp3) is 0.500. The van der Waals surface area contributed by atoms with Gasteiger partial charge in [0.05, 0.1) is 5.92 Å². The molecule has 1 aromatic carbocycles. The fourth-order valence-corrected chi connectivity index (χ4v) is 2.78. The zero-order chi connectivity index (χ0) is 15.1. The molecule has 114 valence electrons. The van der Waals surface area contributed by atoms with E-state index < -0.39 is 18.0 Å². The summed E-state index contributed by atoms with van der Waals surface area (Å²) >= 11 is 0. The van der Waals surface area contributed by atoms with Gasteiger partial charge in [-0.25, -0.2) is 4.79 Å². The normalized spacial score (nSPS) is 16.4. The van der Waals surface area contributed by atoms with Crippen LogP contribution in [0.25, 0.3) is 0 Å². The van der Waals surface area contributed by atoms with Crippen LogP contribution in [0.2, 0.25) is 0 Å². The molecule has 1 aliphatic carbocycles. The molecule has 1 aliphatic rings. The zero-order valence-electron chi connectivity index (χ0n) is 12.0. The first-order chi connectivity index (χ1) is 10.2. The van der Waals surface area contributed by atoms with E-state index in [1.807, 2.05) is 30.3 Å². The van der Waals surface area contributed by atoms with Crippen molar-refractivity contribution in [3.8, 4) is 0 Å². The van der Waals surface area contributed by atoms with Crippen molar-refractivity contribution in [1.82, 2.24) is 5.32 Å². The second kappa shape index (κ2) is 7.67. The highest BCUT2D eigenvalue weighted by Gasteiger charge is 2.30. The van der Waals surface area contributed by atoms with Gasteiger partial charge in [-0.15, -0.1) is 0 Å². The van der Waals surface area contributed by atoms with Gasteiger partial charge in [-0.2, -0.15) is 0 Å². The number of carboxylic acid groups (broad SMARTS) is 1. The van der Waals surface area contributed by atoms with Crippen molar-refractivity contribution >= 4 is 12.1 Å². The van der Waals surface area contributed by atoms with Crippen LogP contribution in [0.3, 0.4) is 0 Å². The van der Waals surface area contributed by atoms with Gasteiger partial charge in [0.2, 0.25) is 0 Å². The van der Waals surface area contributed by atoms with Crippen molar-refractivity contribution < 1.29 is 19.4 Å². The van der Waals surface area contributed by atoms with E-state index in [-0.39, 0.29) is 19.1 Å². The summed E-state index contributed by atoms with van der Waals surface area (Å²) in [5.41, 5.74) is 0.901. The third-order valence-electron chi connectivity index (χ3n) is 3.97. The van der Waals surface area contributed by atoms with Crippen LogP contribution in [-0.2, 0) is 16.1 Å². The van der Waals surface area contributed by atoms with Crippen molar-refractivity contribution in [2.75, 3.05) is 6.54 Å². The molecular formula is C16H21NO4. The summed E-state index contributed by atoms with van der Waals surface area (Å²) in [5, 5.41) is 11.8. The number of nitrogens with one attached hydrogen (secondary N) is 1. The Morgan fingerprint density at radius 1 is 1.24 bits per heavy atom. The molecule has 5 heteroatoms. The molecule has 0 heterocycles. The molecule has 0 radical (unpaired) electrons. The summed E-state index contributed by atoms with van der Waals surface area (Å²) in [6.07, 6.45) is 3.44. The summed E-state index contributed by atoms with van der Waals surface area (Å²) in [6, 6.07) is 9.37. The van der Waals surface area contributed by atoms with E-state index in [0.29, 0.717) is 0 Å². The molecule has 0 aliphatic heterocycles. The van der Waals surface area contributed by atoms with Crippen molar-refractivity contribution in [1.29, 1.82) is 0 Å². The third-order valence-corrected chi connectivity index (χ3v) is 3.97. The quantitative estimate of drug-likeness (QED) is 0.845. The van der Waals surface area contributed by atoms with Crippen LogP contribution in [0.15, 0.2) is 30.3 Å². The van der Waals surface area contributed by atoms with Gasteiger partial charge in [0, 0.05) is 6.54 Å². The van der Waals surface area contributed by atoms with Gasteiger partial charge < -0.3 is 15.2 Å². The first-order valence-electron chi connectivity index (χ1n) is 7.34. The van der Waals surface area contributed by atoms with E-state index in [4.69, 9.17) is 4.74 Å². The lowest BCUT2D eigenvalue weighted by Crippen LogP contribution is -2.36. The zero-order valence-corrected chi connectivity index (χ0v) is 12.0. The predicted octanol–water partition coefficient (Wildman–Crippen LogP) is 2.80. The number of carbonyl (C=O) groups excluding carboxylic acids is 1. The van der Waals surface area contributed by atoms with E-state index in [0.717, 1.165) is 31.2 Å². The molecule has 1 aromatic rings. The number of carboxylic acids is 1. The van der Waals surface area contributed by atoms with Crippen LogP contribution in [0, 0.1) is 11.8 Å². The molecule has 0 aromatic heterocycles. The summed E-state index contributed by atoms with van der Waals surface area (Å²) in [5.74, 6) is -1.20. The molecular weight excluding hydrogens is 270 g/mol. The Morgan fingerprint density at radius 2 is 1.90 bits per heavy atom. The van der Waals surface area contributed by atoms with E-state index in [1.54, 1.807) is 0 Å². The van der Waals surface area contributed by atoms with E-state index in [1.165, 1.54) is 0 Å². The van der Waals surface area contributed by atoms with Crippen molar-refractivity contribution in [2.45, 2.75) is 32.3 Å². The van der Waals surface area contributed by atoms with Gasteiger partial charge in [-0.05, 0) is 24.3 Å². The molecule has 2 N–H and O–H groups in total. The molecule has 1 unspecified atom stereocenters. The maximum Gasteiger partial charge on any atom is 0.407 e. The fourth-order valence-electron chi connectivity index (χ4n) is 2.78. The van der Waals surface area contributed by atoms with Gasteiger partial charge in [0.1, 0.15) is 6.61 Å². The van der Waals surface area contributed by atoms with E-state index >= 15 is 0 Å². The average molecular weight is 291 g/mol. The van der Waals surface area contributed by atoms with Crippen LogP contribution in [-0.4, -0.2) is 23.7 Å². The smallest absolute Gasteiger partial charge is 0.407 e. The standard InChI is InChI=1S/C16H21NO4/c18-15(19)14(13-8-4-5-9-13)10-17-16(20)21-11-12-6-2-1-3-7-12/h1-3,6-7,13-14H,4-5,8-11H2,(H,17,20)(H,18,19). The highest BCUT2D eigenvalue weighted by molar-refractivity contribution is 5.72. The molecule has 1 atom stereocenters.